The molecule has 0 aliphatic carbocycles. The Hall–Kier alpha value is -8.31. The van der Waals surface area contributed by atoms with Gasteiger partial charge in [-0.15, -0.1) is 0 Å². The molecular formula is C46H63N15O9. The number of rotatable bonds is 29. The summed E-state index contributed by atoms with van der Waals surface area (Å²) in [6.07, 6.45) is 5.05. The first-order valence-corrected chi connectivity index (χ1v) is 22.7. The molecule has 2 aromatic carbocycles. The van der Waals surface area contributed by atoms with Crippen LogP contribution in [0, 0.1) is 0 Å². The number of primary amides is 2. The van der Waals surface area contributed by atoms with Crippen molar-refractivity contribution in [2.24, 2.45) is 27.9 Å². The molecule has 1 unspecified atom stereocenters. The van der Waals surface area contributed by atoms with Gasteiger partial charge in [-0.1, -0.05) is 68.3 Å². The van der Waals surface area contributed by atoms with Crippen molar-refractivity contribution in [1.82, 2.24) is 52.2 Å². The highest BCUT2D eigenvalue weighted by Crippen LogP contribution is 2.25. The lowest BCUT2D eigenvalue weighted by Crippen LogP contribution is -2.60. The SMILES string of the molecule is CCCC[C@H](NC(C)=O)C(=O)N[C@@H](CCC(N)=O)C(=O)N[C@@H](Cc1cnc[nH]1)C(=O)N[C@H](Cc1ccccc1)C(=O)N[C@@H](CCCN=C(N)N)C(=O)NC(C(=O)NCC(N)=O)c1c[nH]c2ccccc12. The highest BCUT2D eigenvalue weighted by Gasteiger charge is 2.35. The van der Waals surface area contributed by atoms with Crippen LogP contribution in [0.5, 0.6) is 0 Å². The van der Waals surface area contributed by atoms with E-state index in [0.29, 0.717) is 40.6 Å². The smallest absolute Gasteiger partial charge is 0.247 e. The minimum Gasteiger partial charge on any atom is -0.370 e. The fourth-order valence-corrected chi connectivity index (χ4v) is 7.36. The maximum Gasteiger partial charge on any atom is 0.247 e. The van der Waals surface area contributed by atoms with Crippen molar-refractivity contribution >= 4 is 70.0 Å². The Bertz CT molecular complexity index is 2460. The van der Waals surface area contributed by atoms with Crippen molar-refractivity contribution in [2.45, 2.75) is 108 Å². The molecule has 0 aliphatic heterocycles. The van der Waals surface area contributed by atoms with Crippen molar-refractivity contribution in [2.75, 3.05) is 13.1 Å². The third kappa shape index (κ3) is 17.7. The van der Waals surface area contributed by atoms with Gasteiger partial charge in [0.15, 0.2) is 5.96 Å². The van der Waals surface area contributed by atoms with Gasteiger partial charge in [0.2, 0.25) is 53.2 Å². The van der Waals surface area contributed by atoms with E-state index in [0.717, 1.165) is 0 Å². The van der Waals surface area contributed by atoms with E-state index in [2.05, 4.69) is 57.2 Å². The third-order valence-electron chi connectivity index (χ3n) is 10.9. The number of carbonyl (C=O) groups excluding carboxylic acids is 9. The second-order valence-electron chi connectivity index (χ2n) is 16.5. The number of aliphatic imine (C=N–C) groups is 1. The molecule has 0 saturated carbocycles. The molecule has 4 aromatic rings. The normalized spacial score (nSPS) is 13.5. The van der Waals surface area contributed by atoms with Crippen LogP contribution in [0.3, 0.4) is 0 Å². The lowest BCUT2D eigenvalue weighted by molar-refractivity contribution is -0.135. The molecule has 6 atom stereocenters. The zero-order valence-corrected chi connectivity index (χ0v) is 39.0. The van der Waals surface area contributed by atoms with Gasteiger partial charge >= 0.3 is 0 Å². The number of H-pyrrole nitrogens is 2. The van der Waals surface area contributed by atoms with Gasteiger partial charge in [-0.3, -0.25) is 48.1 Å². The third-order valence-corrected chi connectivity index (χ3v) is 10.9. The molecule has 24 nitrogen and oxygen atoms in total. The number of imidazole rings is 1. The van der Waals surface area contributed by atoms with Gasteiger partial charge in [-0.25, -0.2) is 4.98 Å². The molecule has 376 valence electrons. The Morgan fingerprint density at radius 1 is 0.629 bits per heavy atom. The van der Waals surface area contributed by atoms with E-state index >= 15 is 0 Å². The van der Waals surface area contributed by atoms with Gasteiger partial charge in [0.25, 0.3) is 0 Å². The number of hydrogen-bond donors (Lipinski definition) is 13. The Kier molecular flexibility index (Phi) is 21.3. The number of nitrogens with one attached hydrogen (secondary N) is 9. The van der Waals surface area contributed by atoms with Crippen LogP contribution >= 0.6 is 0 Å². The molecular weight excluding hydrogens is 907 g/mol. The molecule has 0 fully saturated rings. The van der Waals surface area contributed by atoms with Crippen LogP contribution in [0.4, 0.5) is 0 Å². The maximum absolute atomic E-state index is 14.6. The van der Waals surface area contributed by atoms with Crippen LogP contribution in [0.1, 0.15) is 81.7 Å². The number of hydrogen-bond acceptors (Lipinski definition) is 11. The van der Waals surface area contributed by atoms with Crippen LogP contribution in [-0.4, -0.2) is 117 Å². The molecule has 9 amide bonds. The van der Waals surface area contributed by atoms with Crippen LogP contribution in [-0.2, 0) is 56.0 Å². The quantitative estimate of drug-likeness (QED) is 0.0161. The first-order valence-electron chi connectivity index (χ1n) is 22.7. The van der Waals surface area contributed by atoms with E-state index in [1.165, 1.54) is 25.6 Å². The van der Waals surface area contributed by atoms with Crippen LogP contribution < -0.4 is 60.2 Å². The summed E-state index contributed by atoms with van der Waals surface area (Å²) in [5, 5.41) is 19.0. The number of guanidine groups is 1. The summed E-state index contributed by atoms with van der Waals surface area (Å²) in [6, 6.07) is 7.61. The minimum absolute atomic E-state index is 0.0552. The van der Waals surface area contributed by atoms with Gasteiger partial charge in [0.05, 0.1) is 12.9 Å². The van der Waals surface area contributed by atoms with E-state index < -0.39 is 96.0 Å². The largest absolute Gasteiger partial charge is 0.370 e. The van der Waals surface area contributed by atoms with E-state index in [-0.39, 0.29) is 57.5 Å². The molecule has 2 aromatic heterocycles. The number of amides is 9. The van der Waals surface area contributed by atoms with Crippen molar-refractivity contribution in [3.05, 3.63) is 90.1 Å². The Morgan fingerprint density at radius 3 is 1.80 bits per heavy atom. The monoisotopic (exact) mass is 969 g/mol. The number of aromatic nitrogens is 3. The summed E-state index contributed by atoms with van der Waals surface area (Å²) in [4.78, 5) is 134. The first kappa shape index (κ1) is 54.3. The number of nitrogens with two attached hydrogens (primary N) is 4. The second kappa shape index (κ2) is 27.5. The first-order chi connectivity index (χ1) is 33.4. The Labute approximate surface area is 403 Å². The van der Waals surface area contributed by atoms with E-state index in [1.54, 1.807) is 54.6 Å². The predicted octanol–water partition coefficient (Wildman–Crippen LogP) is -1.91. The molecule has 70 heavy (non-hydrogen) atoms. The maximum atomic E-state index is 14.6. The van der Waals surface area contributed by atoms with Crippen molar-refractivity contribution < 1.29 is 43.2 Å². The second-order valence-corrected chi connectivity index (χ2v) is 16.5. The van der Waals surface area contributed by atoms with Crippen molar-refractivity contribution in [3.8, 4) is 0 Å². The predicted molar refractivity (Wildman–Crippen MR) is 257 cm³/mol. The summed E-state index contributed by atoms with van der Waals surface area (Å²) >= 11 is 0. The lowest BCUT2D eigenvalue weighted by atomic mass is 10.0. The van der Waals surface area contributed by atoms with E-state index in [1.807, 2.05) is 6.92 Å². The molecule has 0 saturated heterocycles. The fourth-order valence-electron chi connectivity index (χ4n) is 7.36. The Balaban J connectivity index is 1.67. The zero-order valence-electron chi connectivity index (χ0n) is 39.0. The van der Waals surface area contributed by atoms with E-state index in [4.69, 9.17) is 22.9 Å². The number of fused-ring (bicyclic) bond motifs is 1. The molecule has 0 bridgehead atoms. The summed E-state index contributed by atoms with van der Waals surface area (Å²) in [7, 11) is 0. The number of unbranched alkanes of at least 4 members (excludes halogenated alkanes) is 1. The van der Waals surface area contributed by atoms with E-state index in [9.17, 15) is 43.2 Å². The van der Waals surface area contributed by atoms with Gasteiger partial charge in [-0.2, -0.15) is 0 Å². The Morgan fingerprint density at radius 2 is 1.20 bits per heavy atom. The average molecular weight is 970 g/mol. The lowest BCUT2D eigenvalue weighted by Gasteiger charge is -2.27. The molecule has 0 aliphatic rings. The zero-order chi connectivity index (χ0) is 51.2. The number of aromatic amines is 2. The average Bonchev–Trinajstić information content (AvgIpc) is 4.01. The summed E-state index contributed by atoms with van der Waals surface area (Å²) in [6.45, 7) is 2.67. The van der Waals surface area contributed by atoms with Gasteiger partial charge in [0.1, 0.15) is 36.3 Å². The van der Waals surface area contributed by atoms with Crippen molar-refractivity contribution in [3.63, 3.8) is 0 Å². The van der Waals surface area contributed by atoms with Gasteiger partial charge in [-0.05, 0) is 37.3 Å². The number of benzene rings is 2. The molecule has 17 N–H and O–H groups in total. The fraction of sp³-hybridized carbons (Fsp3) is 0.413. The summed E-state index contributed by atoms with van der Waals surface area (Å²) in [5.74, 6) is -7.15. The topological polar surface area (TPSA) is 399 Å². The standard InChI is InChI=1S/C46H63N15O9/c1-3-4-14-32(56-26(2)62)40(65)58-34(17-18-37(47)63)41(66)60-36(21-28-22-51-25-55-28)44(69)59-35(20-27-11-6-5-7-12-27)43(68)57-33(16-10-19-52-46(49)50)42(67)61-39(45(70)54-24-38(48)64)30-23-53-31-15-9-8-13-29(30)31/h5-9,11-13,15,22-23,25,32-36,39,53H,3-4,10,14,16-21,24H2,1-2H3,(H2,47,63)(H2,48,64)(H,51,55)(H,54,70)(H,56,62)(H,57,68)(H,58,65)(H,59,69)(H,60,66)(H,61,67)(H4,49,50,52)/t32-,33-,34-,35+,36-,39?/m0/s1. The highest BCUT2D eigenvalue weighted by atomic mass is 16.2. The van der Waals surface area contributed by atoms with Gasteiger partial charge < -0.3 is 70.1 Å². The molecule has 2 heterocycles. The summed E-state index contributed by atoms with van der Waals surface area (Å²) < 4.78 is 0. The minimum atomic E-state index is -1.44. The molecule has 0 radical (unpaired) electrons. The van der Waals surface area contributed by atoms with Crippen LogP contribution in [0.25, 0.3) is 10.9 Å². The molecule has 24 heteroatoms. The molecule has 0 spiro atoms. The highest BCUT2D eigenvalue weighted by molar-refractivity contribution is 5.99. The van der Waals surface area contributed by atoms with Crippen LogP contribution in [0.2, 0.25) is 0 Å². The van der Waals surface area contributed by atoms with Crippen molar-refractivity contribution in [1.29, 1.82) is 0 Å². The number of nitrogens with zero attached hydrogens (tertiary/aromatic N) is 2. The summed E-state index contributed by atoms with van der Waals surface area (Å²) in [5.41, 5.74) is 23.8. The molecule has 4 rings (SSSR count). The van der Waals surface area contributed by atoms with Crippen LogP contribution in [0.15, 0.2) is 78.3 Å². The van der Waals surface area contributed by atoms with Gasteiger partial charge in [0, 0.05) is 67.3 Å². The number of carbonyl (C=O) groups is 9. The number of para-hydroxylation sites is 1.